The van der Waals surface area contributed by atoms with Crippen molar-refractivity contribution in [2.75, 3.05) is 20.8 Å². The van der Waals surface area contributed by atoms with E-state index in [1.54, 1.807) is 14.2 Å². The number of thiophene rings is 1. The molecule has 2 aromatic carbocycles. The largest absolute Gasteiger partial charge is 0.493 e. The second-order valence-electron chi connectivity index (χ2n) is 7.45. The molecule has 158 valence electrons. The summed E-state index contributed by atoms with van der Waals surface area (Å²) in [6.07, 6.45) is 2.45. The van der Waals surface area contributed by atoms with Crippen LogP contribution in [0.3, 0.4) is 0 Å². The van der Waals surface area contributed by atoms with Gasteiger partial charge in [0.15, 0.2) is 11.5 Å². The van der Waals surface area contributed by atoms with Crippen molar-refractivity contribution < 1.29 is 14.2 Å². The smallest absolute Gasteiger partial charge is 0.260 e. The number of methoxy groups -OCH3 is 2. The molecule has 0 atom stereocenters. The molecule has 6 nitrogen and oxygen atoms in total. The maximum absolute atomic E-state index is 12.9. The average molecular weight is 435 g/mol. The van der Waals surface area contributed by atoms with Crippen LogP contribution in [0.2, 0.25) is 0 Å². The molecule has 2 aromatic heterocycles. The number of aromatic nitrogens is 2. The summed E-state index contributed by atoms with van der Waals surface area (Å²) in [6, 6.07) is 12.0. The van der Waals surface area contributed by atoms with Crippen LogP contribution in [0.15, 0.2) is 46.6 Å². The van der Waals surface area contributed by atoms with E-state index in [-0.39, 0.29) is 5.56 Å². The summed E-state index contributed by atoms with van der Waals surface area (Å²) in [5.74, 6) is 2.96. The Morgan fingerprint density at radius 3 is 2.81 bits per heavy atom. The minimum atomic E-state index is -0.117. The summed E-state index contributed by atoms with van der Waals surface area (Å²) in [5.41, 5.74) is 4.11. The molecular formula is C24H22N2O4S. The summed E-state index contributed by atoms with van der Waals surface area (Å²) in [4.78, 5) is 21.4. The molecule has 1 aliphatic heterocycles. The molecule has 1 aliphatic rings. The second-order valence-corrected chi connectivity index (χ2v) is 8.31. The predicted molar refractivity (Wildman–Crippen MR) is 122 cm³/mol. The Morgan fingerprint density at radius 1 is 1.10 bits per heavy atom. The van der Waals surface area contributed by atoms with E-state index in [0.717, 1.165) is 41.2 Å². The lowest BCUT2D eigenvalue weighted by Gasteiger charge is -2.09. The highest BCUT2D eigenvalue weighted by molar-refractivity contribution is 7.17. The monoisotopic (exact) mass is 434 g/mol. The van der Waals surface area contributed by atoms with Crippen molar-refractivity contribution in [2.45, 2.75) is 19.3 Å². The normalized spacial score (nSPS) is 12.6. The molecule has 0 bridgehead atoms. The zero-order valence-electron chi connectivity index (χ0n) is 17.4. The van der Waals surface area contributed by atoms with Gasteiger partial charge in [-0.2, -0.15) is 0 Å². The first-order valence-electron chi connectivity index (χ1n) is 10.1. The molecule has 31 heavy (non-hydrogen) atoms. The van der Waals surface area contributed by atoms with Crippen molar-refractivity contribution in [2.24, 2.45) is 0 Å². The first-order chi connectivity index (χ1) is 15.2. The van der Waals surface area contributed by atoms with Gasteiger partial charge in [-0.3, -0.25) is 4.79 Å². The zero-order chi connectivity index (χ0) is 21.4. The van der Waals surface area contributed by atoms with Gasteiger partial charge in [-0.15, -0.1) is 11.3 Å². The summed E-state index contributed by atoms with van der Waals surface area (Å²) in [7, 11) is 3.20. The minimum absolute atomic E-state index is 0.117. The third-order valence-corrected chi connectivity index (χ3v) is 6.46. The molecule has 3 heterocycles. The van der Waals surface area contributed by atoms with E-state index >= 15 is 0 Å². The average Bonchev–Trinajstić information content (AvgIpc) is 3.44. The van der Waals surface area contributed by atoms with E-state index in [0.29, 0.717) is 29.1 Å². The van der Waals surface area contributed by atoms with Gasteiger partial charge in [-0.25, -0.2) is 4.98 Å². The highest BCUT2D eigenvalue weighted by Gasteiger charge is 2.16. The standard InChI is InChI=1S/C24H22N2O4S/c1-28-19-7-5-15(12-20(19)29-2)17-13-31-24-22(17)23(27)25-21(26-24)8-4-14-3-6-18-16(11-14)9-10-30-18/h3,5-7,11-13H,4,8-10H2,1-2H3,(H,25,26,27). The van der Waals surface area contributed by atoms with Gasteiger partial charge in [0.05, 0.1) is 26.2 Å². The van der Waals surface area contributed by atoms with Crippen molar-refractivity contribution in [3.8, 4) is 28.4 Å². The number of ether oxygens (including phenoxy) is 3. The fourth-order valence-electron chi connectivity index (χ4n) is 3.99. The van der Waals surface area contributed by atoms with Gasteiger partial charge in [-0.1, -0.05) is 18.2 Å². The summed E-state index contributed by atoms with van der Waals surface area (Å²) in [6.45, 7) is 0.755. The van der Waals surface area contributed by atoms with Gasteiger partial charge in [0.1, 0.15) is 16.4 Å². The molecule has 5 rings (SSSR count). The molecule has 0 amide bonds. The lowest BCUT2D eigenvalue weighted by Crippen LogP contribution is -2.12. The first kappa shape index (κ1) is 19.6. The van der Waals surface area contributed by atoms with Crippen LogP contribution in [0.5, 0.6) is 17.2 Å². The molecule has 0 aliphatic carbocycles. The lowest BCUT2D eigenvalue weighted by molar-refractivity contribution is 0.355. The summed E-state index contributed by atoms with van der Waals surface area (Å²) < 4.78 is 16.3. The van der Waals surface area contributed by atoms with Gasteiger partial charge >= 0.3 is 0 Å². The third kappa shape index (κ3) is 3.65. The molecule has 1 N–H and O–H groups in total. The van der Waals surface area contributed by atoms with Crippen molar-refractivity contribution in [1.82, 2.24) is 9.97 Å². The van der Waals surface area contributed by atoms with Crippen LogP contribution in [0.25, 0.3) is 21.3 Å². The van der Waals surface area contributed by atoms with Gasteiger partial charge in [-0.05, 0) is 41.3 Å². The lowest BCUT2D eigenvalue weighted by atomic mass is 10.0. The molecule has 0 radical (unpaired) electrons. The number of hydrogen-bond donors (Lipinski definition) is 1. The third-order valence-electron chi connectivity index (χ3n) is 5.59. The number of aryl methyl sites for hydroxylation is 2. The Morgan fingerprint density at radius 2 is 1.97 bits per heavy atom. The number of benzene rings is 2. The molecular weight excluding hydrogens is 412 g/mol. The predicted octanol–water partition coefficient (Wildman–Crippen LogP) is 4.39. The maximum atomic E-state index is 12.9. The fraction of sp³-hybridized carbons (Fsp3) is 0.250. The van der Waals surface area contributed by atoms with Crippen molar-refractivity contribution in [1.29, 1.82) is 0 Å². The van der Waals surface area contributed by atoms with Gasteiger partial charge in [0.2, 0.25) is 0 Å². The minimum Gasteiger partial charge on any atom is -0.493 e. The van der Waals surface area contributed by atoms with Crippen LogP contribution in [-0.2, 0) is 19.3 Å². The molecule has 0 fully saturated rings. The second kappa shape index (κ2) is 8.07. The molecule has 0 spiro atoms. The SMILES string of the molecule is COc1ccc(-c2csc3nc(CCc4ccc5c(c4)CCO5)[nH]c(=O)c23)cc1OC. The van der Waals surface area contributed by atoms with Crippen LogP contribution < -0.4 is 19.8 Å². The number of hydrogen-bond acceptors (Lipinski definition) is 6. The molecule has 0 saturated carbocycles. The Bertz CT molecular complexity index is 1330. The van der Waals surface area contributed by atoms with Crippen LogP contribution in [0, 0.1) is 0 Å². The molecule has 7 heteroatoms. The summed E-state index contributed by atoms with van der Waals surface area (Å²) >= 11 is 1.48. The van der Waals surface area contributed by atoms with E-state index in [4.69, 9.17) is 19.2 Å². The molecule has 0 unspecified atom stereocenters. The van der Waals surface area contributed by atoms with E-state index in [2.05, 4.69) is 17.1 Å². The van der Waals surface area contributed by atoms with E-state index in [1.165, 1.54) is 22.5 Å². The van der Waals surface area contributed by atoms with Crippen LogP contribution in [0.4, 0.5) is 0 Å². The molecule has 4 aromatic rings. The number of H-pyrrole nitrogens is 1. The van der Waals surface area contributed by atoms with Gasteiger partial charge in [0.25, 0.3) is 5.56 Å². The van der Waals surface area contributed by atoms with Crippen LogP contribution in [0.1, 0.15) is 17.0 Å². The number of nitrogens with one attached hydrogen (secondary N) is 1. The van der Waals surface area contributed by atoms with E-state index in [9.17, 15) is 4.79 Å². The van der Waals surface area contributed by atoms with Gasteiger partial charge < -0.3 is 19.2 Å². The quantitative estimate of drug-likeness (QED) is 0.487. The topological polar surface area (TPSA) is 73.4 Å². The number of aromatic amines is 1. The van der Waals surface area contributed by atoms with Crippen LogP contribution in [-0.4, -0.2) is 30.8 Å². The Labute approximate surface area is 183 Å². The fourth-order valence-corrected chi connectivity index (χ4v) is 4.95. The Hall–Kier alpha value is -3.32. The number of fused-ring (bicyclic) bond motifs is 2. The highest BCUT2D eigenvalue weighted by Crippen LogP contribution is 2.36. The van der Waals surface area contributed by atoms with Crippen molar-refractivity contribution in [3.63, 3.8) is 0 Å². The van der Waals surface area contributed by atoms with E-state index in [1.807, 2.05) is 29.6 Å². The van der Waals surface area contributed by atoms with Crippen molar-refractivity contribution >= 4 is 21.6 Å². The number of nitrogens with zero attached hydrogens (tertiary/aromatic N) is 1. The Balaban J connectivity index is 1.43. The Kier molecular flexibility index (Phi) is 5.11. The number of rotatable bonds is 6. The van der Waals surface area contributed by atoms with Gasteiger partial charge in [0, 0.05) is 23.8 Å². The zero-order valence-corrected chi connectivity index (χ0v) is 18.2. The molecule has 0 saturated heterocycles. The maximum Gasteiger partial charge on any atom is 0.260 e. The van der Waals surface area contributed by atoms with Crippen LogP contribution >= 0.6 is 11.3 Å². The highest BCUT2D eigenvalue weighted by atomic mass is 32.1. The summed E-state index contributed by atoms with van der Waals surface area (Å²) in [5, 5.41) is 2.58. The van der Waals surface area contributed by atoms with E-state index < -0.39 is 0 Å². The first-order valence-corrected chi connectivity index (χ1v) is 11.0. The van der Waals surface area contributed by atoms with Crippen molar-refractivity contribution in [3.05, 3.63) is 69.1 Å².